The zero-order chi connectivity index (χ0) is 15.5. The first kappa shape index (κ1) is 18.0. The van der Waals surface area contributed by atoms with Gasteiger partial charge in [0.15, 0.2) is 11.6 Å². The van der Waals surface area contributed by atoms with Crippen molar-refractivity contribution in [2.24, 2.45) is 5.92 Å². The molecule has 0 aromatic heterocycles. The van der Waals surface area contributed by atoms with E-state index >= 15 is 0 Å². The van der Waals surface area contributed by atoms with Crippen LogP contribution in [0.1, 0.15) is 44.2 Å². The summed E-state index contributed by atoms with van der Waals surface area (Å²) in [5.74, 6) is 0.0611. The maximum absolute atomic E-state index is 13.9. The van der Waals surface area contributed by atoms with E-state index < -0.39 is 0 Å². The van der Waals surface area contributed by atoms with Crippen molar-refractivity contribution in [3.8, 4) is 5.75 Å². The van der Waals surface area contributed by atoms with Crippen LogP contribution in [0.25, 0.3) is 0 Å². The highest BCUT2D eigenvalue weighted by Crippen LogP contribution is 2.34. The summed E-state index contributed by atoms with van der Waals surface area (Å²) in [6.07, 6.45) is 3.30. The van der Waals surface area contributed by atoms with E-state index in [2.05, 4.69) is 17.6 Å². The van der Waals surface area contributed by atoms with Gasteiger partial charge < -0.3 is 15.4 Å². The third-order valence-electron chi connectivity index (χ3n) is 4.57. The van der Waals surface area contributed by atoms with E-state index in [-0.39, 0.29) is 36.1 Å². The summed E-state index contributed by atoms with van der Waals surface area (Å²) in [6.45, 7) is 3.46. The fraction of sp³-hybridized carbons (Fsp3) is 0.588. The second kappa shape index (κ2) is 7.97. The van der Waals surface area contributed by atoms with Crippen LogP contribution >= 0.6 is 12.4 Å². The highest BCUT2D eigenvalue weighted by molar-refractivity contribution is 5.85. The summed E-state index contributed by atoms with van der Waals surface area (Å²) in [5, 5.41) is 6.47. The summed E-state index contributed by atoms with van der Waals surface area (Å²) in [4.78, 5) is 12.5. The number of rotatable bonds is 2. The third-order valence-corrected chi connectivity index (χ3v) is 4.57. The first-order chi connectivity index (χ1) is 10.6. The maximum atomic E-state index is 13.9. The number of nitrogens with one attached hydrogen (secondary N) is 2. The number of benzene rings is 1. The van der Waals surface area contributed by atoms with Crippen LogP contribution in [0.4, 0.5) is 4.39 Å². The molecule has 1 amide bonds. The Kier molecular flexibility index (Phi) is 6.25. The average molecular weight is 343 g/mol. The molecule has 128 valence electrons. The van der Waals surface area contributed by atoms with Crippen LogP contribution in [-0.2, 0) is 4.79 Å². The second-order valence-electron chi connectivity index (χ2n) is 6.29. The number of hydrogen-bond donors (Lipinski definition) is 2. The van der Waals surface area contributed by atoms with Gasteiger partial charge in [0, 0.05) is 17.5 Å². The molecular formula is C17H24ClFN2O2. The zero-order valence-electron chi connectivity index (χ0n) is 13.3. The summed E-state index contributed by atoms with van der Waals surface area (Å²) in [5.41, 5.74) is 0.757. The van der Waals surface area contributed by atoms with E-state index in [9.17, 15) is 9.18 Å². The van der Waals surface area contributed by atoms with Gasteiger partial charge in [-0.05, 0) is 45.2 Å². The Morgan fingerprint density at radius 3 is 3.00 bits per heavy atom. The van der Waals surface area contributed by atoms with Gasteiger partial charge in [0.2, 0.25) is 5.91 Å². The molecule has 1 unspecified atom stereocenters. The van der Waals surface area contributed by atoms with Crippen LogP contribution in [0.5, 0.6) is 5.75 Å². The monoisotopic (exact) mass is 342 g/mol. The molecule has 0 aliphatic carbocycles. The van der Waals surface area contributed by atoms with Gasteiger partial charge in [-0.1, -0.05) is 12.1 Å². The average Bonchev–Trinajstić information content (AvgIpc) is 2.71. The van der Waals surface area contributed by atoms with Crippen molar-refractivity contribution in [1.82, 2.24) is 10.6 Å². The van der Waals surface area contributed by atoms with E-state index in [1.54, 1.807) is 6.07 Å². The van der Waals surface area contributed by atoms with Gasteiger partial charge in [-0.2, -0.15) is 0 Å². The molecule has 3 atom stereocenters. The van der Waals surface area contributed by atoms with Crippen molar-refractivity contribution in [3.63, 3.8) is 0 Å². The zero-order valence-corrected chi connectivity index (χ0v) is 14.1. The largest absolute Gasteiger partial charge is 0.490 e. The molecule has 6 heteroatoms. The van der Waals surface area contributed by atoms with Crippen molar-refractivity contribution < 1.29 is 13.9 Å². The fourth-order valence-corrected chi connectivity index (χ4v) is 3.38. The maximum Gasteiger partial charge on any atom is 0.223 e. The van der Waals surface area contributed by atoms with Crippen molar-refractivity contribution in [2.45, 2.75) is 44.7 Å². The molecule has 23 heavy (non-hydrogen) atoms. The van der Waals surface area contributed by atoms with Gasteiger partial charge in [-0.15, -0.1) is 12.4 Å². The smallest absolute Gasteiger partial charge is 0.223 e. The molecule has 0 bridgehead atoms. The molecule has 1 saturated heterocycles. The molecule has 1 aromatic rings. The first-order valence-corrected chi connectivity index (χ1v) is 8.10. The Morgan fingerprint density at radius 2 is 2.22 bits per heavy atom. The van der Waals surface area contributed by atoms with E-state index in [0.717, 1.165) is 37.8 Å². The highest BCUT2D eigenvalue weighted by atomic mass is 35.5. The fourth-order valence-electron chi connectivity index (χ4n) is 3.38. The minimum atomic E-state index is -0.353. The van der Waals surface area contributed by atoms with Crippen molar-refractivity contribution in [2.75, 3.05) is 13.2 Å². The molecule has 0 spiro atoms. The SMILES string of the molecule is C[C@H]1C[C@@H](C(=O)NC2CCCOc3c(F)cccc32)CCN1.Cl. The predicted molar refractivity (Wildman–Crippen MR) is 89.4 cm³/mol. The van der Waals surface area contributed by atoms with E-state index in [1.807, 2.05) is 6.07 Å². The van der Waals surface area contributed by atoms with Crippen LogP contribution in [-0.4, -0.2) is 25.1 Å². The van der Waals surface area contributed by atoms with Gasteiger partial charge in [-0.25, -0.2) is 4.39 Å². The van der Waals surface area contributed by atoms with Crippen molar-refractivity contribution in [1.29, 1.82) is 0 Å². The molecule has 2 heterocycles. The molecular weight excluding hydrogens is 319 g/mol. The van der Waals surface area contributed by atoms with Gasteiger partial charge in [0.05, 0.1) is 12.6 Å². The lowest BCUT2D eigenvalue weighted by Gasteiger charge is -2.29. The van der Waals surface area contributed by atoms with Gasteiger partial charge >= 0.3 is 0 Å². The van der Waals surface area contributed by atoms with Gasteiger partial charge in [-0.3, -0.25) is 4.79 Å². The molecule has 1 aromatic carbocycles. The number of hydrogen-bond acceptors (Lipinski definition) is 3. The predicted octanol–water partition coefficient (Wildman–Crippen LogP) is 2.97. The normalized spacial score (nSPS) is 27.0. The summed E-state index contributed by atoms with van der Waals surface area (Å²) < 4.78 is 19.4. The molecule has 2 aliphatic rings. The Morgan fingerprint density at radius 1 is 1.39 bits per heavy atom. The van der Waals surface area contributed by atoms with E-state index in [0.29, 0.717) is 18.4 Å². The number of carbonyl (C=O) groups excluding carboxylic acids is 1. The number of para-hydroxylation sites is 1. The number of fused-ring (bicyclic) bond motifs is 1. The topological polar surface area (TPSA) is 50.4 Å². The Hall–Kier alpha value is -1.33. The number of ether oxygens (including phenoxy) is 1. The second-order valence-corrected chi connectivity index (χ2v) is 6.29. The number of halogens is 2. The Labute approximate surface area is 142 Å². The molecule has 0 saturated carbocycles. The summed E-state index contributed by atoms with van der Waals surface area (Å²) in [7, 11) is 0. The van der Waals surface area contributed by atoms with Crippen molar-refractivity contribution >= 4 is 18.3 Å². The summed E-state index contributed by atoms with van der Waals surface area (Å²) >= 11 is 0. The Bertz CT molecular complexity index is 555. The molecule has 2 N–H and O–H groups in total. The molecule has 1 fully saturated rings. The van der Waals surface area contributed by atoms with Crippen molar-refractivity contribution in [3.05, 3.63) is 29.6 Å². The molecule has 0 radical (unpaired) electrons. The number of amides is 1. The lowest BCUT2D eigenvalue weighted by molar-refractivity contribution is -0.126. The van der Waals surface area contributed by atoms with E-state index in [1.165, 1.54) is 6.07 Å². The van der Waals surface area contributed by atoms with Crippen LogP contribution in [0.15, 0.2) is 18.2 Å². The van der Waals surface area contributed by atoms with Crippen LogP contribution in [0.2, 0.25) is 0 Å². The quantitative estimate of drug-likeness (QED) is 0.868. The first-order valence-electron chi connectivity index (χ1n) is 8.10. The van der Waals surface area contributed by atoms with Crippen LogP contribution in [0.3, 0.4) is 0 Å². The lowest BCUT2D eigenvalue weighted by atomic mass is 9.91. The highest BCUT2D eigenvalue weighted by Gasteiger charge is 2.29. The standard InChI is InChI=1S/C17H23FN2O2.ClH/c1-11-10-12(7-8-19-11)17(21)20-15-6-3-9-22-16-13(15)4-2-5-14(16)18;/h2,4-5,11-12,15,19H,3,6-10H2,1H3,(H,20,21);1H/t11-,12-,15?;/m0./s1. The van der Waals surface area contributed by atoms with Gasteiger partial charge in [0.25, 0.3) is 0 Å². The number of piperidine rings is 1. The Balaban J connectivity index is 0.00000192. The number of carbonyl (C=O) groups is 1. The van der Waals surface area contributed by atoms with Crippen LogP contribution < -0.4 is 15.4 Å². The van der Waals surface area contributed by atoms with E-state index in [4.69, 9.17) is 4.74 Å². The van der Waals surface area contributed by atoms with Crippen LogP contribution in [0, 0.1) is 11.7 Å². The minimum Gasteiger partial charge on any atom is -0.490 e. The summed E-state index contributed by atoms with van der Waals surface area (Å²) in [6, 6.07) is 5.13. The third kappa shape index (κ3) is 4.15. The molecule has 2 aliphatic heterocycles. The minimum absolute atomic E-state index is 0. The lowest BCUT2D eigenvalue weighted by Crippen LogP contribution is -2.43. The molecule has 3 rings (SSSR count). The molecule has 4 nitrogen and oxygen atoms in total. The van der Waals surface area contributed by atoms with Gasteiger partial charge in [0.1, 0.15) is 0 Å².